The van der Waals surface area contributed by atoms with Gasteiger partial charge in [0.1, 0.15) is 5.52 Å². The fraction of sp³-hybridized carbons (Fsp3) is 0.105. The molecule has 0 aliphatic rings. The van der Waals surface area contributed by atoms with Gasteiger partial charge in [0.15, 0.2) is 5.65 Å². The highest BCUT2D eigenvalue weighted by atomic mass is 32.2. The standard InChI is InChI=1S/C19H12F3N7OS/c20-19(21,22)10-4-3-5-11(8-10)23-14(30)9-31-18-27-26-17-25-16-15(28-29(17)18)12-6-1-2-7-13(12)24-16/h1-8H,9H2,(H,23,30)(H,24,25,26). The van der Waals surface area contributed by atoms with E-state index in [1.165, 1.54) is 16.6 Å². The van der Waals surface area contributed by atoms with Crippen molar-refractivity contribution in [2.24, 2.45) is 0 Å². The SMILES string of the molecule is O=C(CSc1nnc2nc3[nH]c4ccccc4c3nn12)Nc1cccc(C(F)(F)F)c1. The van der Waals surface area contributed by atoms with E-state index in [1.807, 2.05) is 24.3 Å². The van der Waals surface area contributed by atoms with Gasteiger partial charge < -0.3 is 10.3 Å². The molecule has 8 nitrogen and oxygen atoms in total. The molecule has 3 aromatic heterocycles. The van der Waals surface area contributed by atoms with Crippen LogP contribution in [-0.4, -0.2) is 41.4 Å². The van der Waals surface area contributed by atoms with E-state index in [0.29, 0.717) is 16.3 Å². The van der Waals surface area contributed by atoms with Crippen LogP contribution in [0.3, 0.4) is 0 Å². The van der Waals surface area contributed by atoms with Crippen LogP contribution < -0.4 is 5.32 Å². The van der Waals surface area contributed by atoms with Gasteiger partial charge in [-0.05, 0) is 24.3 Å². The number of para-hydroxylation sites is 1. The molecule has 0 atom stereocenters. The van der Waals surface area contributed by atoms with Crippen LogP contribution in [0, 0.1) is 0 Å². The fourth-order valence-electron chi connectivity index (χ4n) is 3.10. The number of aromatic nitrogens is 6. The molecule has 2 N–H and O–H groups in total. The number of alkyl halides is 3. The summed E-state index contributed by atoms with van der Waals surface area (Å²) in [4.78, 5) is 19.8. The highest BCUT2D eigenvalue weighted by Crippen LogP contribution is 2.30. The summed E-state index contributed by atoms with van der Waals surface area (Å²) in [6.07, 6.45) is -4.48. The number of nitrogens with zero attached hydrogens (tertiary/aromatic N) is 5. The second kappa shape index (κ2) is 7.23. The van der Waals surface area contributed by atoms with Gasteiger partial charge in [0.05, 0.1) is 11.3 Å². The Morgan fingerprint density at radius 1 is 1.13 bits per heavy atom. The van der Waals surface area contributed by atoms with Gasteiger partial charge in [-0.2, -0.15) is 27.8 Å². The lowest BCUT2D eigenvalue weighted by atomic mass is 10.2. The van der Waals surface area contributed by atoms with Crippen LogP contribution in [0.15, 0.2) is 53.7 Å². The number of hydrogen-bond donors (Lipinski definition) is 2. The Balaban J connectivity index is 1.36. The molecule has 5 rings (SSSR count). The van der Waals surface area contributed by atoms with Crippen molar-refractivity contribution in [3.8, 4) is 0 Å². The first-order valence-corrected chi connectivity index (χ1v) is 9.97. The number of carbonyl (C=O) groups excluding carboxylic acids is 1. The van der Waals surface area contributed by atoms with Crippen molar-refractivity contribution >= 4 is 51.2 Å². The first-order valence-electron chi connectivity index (χ1n) is 8.98. The van der Waals surface area contributed by atoms with Crippen LogP contribution >= 0.6 is 11.8 Å². The van der Waals surface area contributed by atoms with Crippen LogP contribution in [0.2, 0.25) is 0 Å². The molecule has 0 unspecified atom stereocenters. The minimum absolute atomic E-state index is 0.0619. The molecule has 1 amide bonds. The zero-order chi connectivity index (χ0) is 21.6. The molecule has 156 valence electrons. The monoisotopic (exact) mass is 443 g/mol. The molecule has 0 spiro atoms. The van der Waals surface area contributed by atoms with Gasteiger partial charge in [-0.3, -0.25) is 4.79 Å². The minimum atomic E-state index is -4.48. The zero-order valence-electron chi connectivity index (χ0n) is 15.5. The van der Waals surface area contributed by atoms with Crippen LogP contribution in [0.5, 0.6) is 0 Å². The normalized spacial score (nSPS) is 12.1. The maximum absolute atomic E-state index is 12.8. The molecular formula is C19H12F3N7OS. The van der Waals surface area contributed by atoms with Gasteiger partial charge in [0.2, 0.25) is 11.1 Å². The second-order valence-corrected chi connectivity index (χ2v) is 7.53. The molecule has 0 aliphatic carbocycles. The van der Waals surface area contributed by atoms with Gasteiger partial charge in [-0.1, -0.05) is 36.0 Å². The van der Waals surface area contributed by atoms with Crippen LogP contribution in [-0.2, 0) is 11.0 Å². The number of H-pyrrole nitrogens is 1. The molecule has 3 heterocycles. The molecule has 0 bridgehead atoms. The van der Waals surface area contributed by atoms with E-state index < -0.39 is 17.6 Å². The number of rotatable bonds is 4. The van der Waals surface area contributed by atoms with E-state index in [1.54, 1.807) is 0 Å². The molecule has 31 heavy (non-hydrogen) atoms. The molecule has 12 heteroatoms. The number of amides is 1. The quantitative estimate of drug-likeness (QED) is 0.409. The van der Waals surface area contributed by atoms with E-state index >= 15 is 0 Å². The molecule has 5 aromatic rings. The molecule has 2 aromatic carbocycles. The van der Waals surface area contributed by atoms with Gasteiger partial charge in [0.25, 0.3) is 5.78 Å². The molecule has 0 aliphatic heterocycles. The zero-order valence-corrected chi connectivity index (χ0v) is 16.3. The Bertz CT molecular complexity index is 1440. The maximum atomic E-state index is 12.8. The molecule has 0 radical (unpaired) electrons. The smallest absolute Gasteiger partial charge is 0.338 e. The van der Waals surface area contributed by atoms with Gasteiger partial charge in [-0.15, -0.1) is 10.2 Å². The summed E-state index contributed by atoms with van der Waals surface area (Å²) in [6, 6.07) is 12.1. The fourth-order valence-corrected chi connectivity index (χ4v) is 3.78. The lowest BCUT2D eigenvalue weighted by molar-refractivity contribution is -0.137. The first-order chi connectivity index (χ1) is 14.9. The van der Waals surface area contributed by atoms with Crippen LogP contribution in [0.4, 0.5) is 18.9 Å². The van der Waals surface area contributed by atoms with Crippen molar-refractivity contribution < 1.29 is 18.0 Å². The number of nitrogens with one attached hydrogen (secondary N) is 2. The Labute approximate surface area is 175 Å². The summed E-state index contributed by atoms with van der Waals surface area (Å²) in [7, 11) is 0. The van der Waals surface area contributed by atoms with E-state index in [0.717, 1.165) is 34.8 Å². The Morgan fingerprint density at radius 3 is 2.81 bits per heavy atom. The second-order valence-electron chi connectivity index (χ2n) is 6.59. The number of fused-ring (bicyclic) bond motifs is 4. The number of halogens is 3. The average molecular weight is 443 g/mol. The average Bonchev–Trinajstić information content (AvgIpc) is 3.30. The lowest BCUT2D eigenvalue weighted by Gasteiger charge is -2.09. The Morgan fingerprint density at radius 2 is 1.97 bits per heavy atom. The predicted octanol–water partition coefficient (Wildman–Crippen LogP) is 3.90. The number of anilines is 1. The number of thioether (sulfide) groups is 1. The number of benzene rings is 2. The third-order valence-corrected chi connectivity index (χ3v) is 5.39. The maximum Gasteiger partial charge on any atom is 0.416 e. The summed E-state index contributed by atoms with van der Waals surface area (Å²) < 4.78 is 39.9. The van der Waals surface area contributed by atoms with Gasteiger partial charge in [-0.25, -0.2) is 0 Å². The van der Waals surface area contributed by atoms with Crippen molar-refractivity contribution in [1.82, 2.24) is 29.8 Å². The van der Waals surface area contributed by atoms with Gasteiger partial charge in [0, 0.05) is 16.6 Å². The van der Waals surface area contributed by atoms with Crippen molar-refractivity contribution in [3.05, 3.63) is 54.1 Å². The van der Waals surface area contributed by atoms with Gasteiger partial charge >= 0.3 is 6.18 Å². The number of hydrogen-bond acceptors (Lipinski definition) is 6. The number of aromatic amines is 1. The topological polar surface area (TPSA) is 101 Å². The molecule has 0 fully saturated rings. The van der Waals surface area contributed by atoms with E-state index in [9.17, 15) is 18.0 Å². The Kier molecular flexibility index (Phi) is 4.50. The summed E-state index contributed by atoms with van der Waals surface area (Å²) in [5.41, 5.74) is 1.32. The lowest BCUT2D eigenvalue weighted by Crippen LogP contribution is -2.15. The highest BCUT2D eigenvalue weighted by molar-refractivity contribution is 7.99. The highest BCUT2D eigenvalue weighted by Gasteiger charge is 2.30. The summed E-state index contributed by atoms with van der Waals surface area (Å²) in [6.45, 7) is 0. The summed E-state index contributed by atoms with van der Waals surface area (Å²) in [5, 5.41) is 16.2. The van der Waals surface area contributed by atoms with Crippen LogP contribution in [0.1, 0.15) is 5.56 Å². The van der Waals surface area contributed by atoms with E-state index in [2.05, 4.69) is 30.6 Å². The predicted molar refractivity (Wildman–Crippen MR) is 109 cm³/mol. The van der Waals surface area contributed by atoms with Crippen molar-refractivity contribution in [1.29, 1.82) is 0 Å². The third kappa shape index (κ3) is 3.65. The molecule has 0 saturated carbocycles. The summed E-state index contributed by atoms with van der Waals surface area (Å²) in [5.74, 6) is -0.313. The largest absolute Gasteiger partial charge is 0.416 e. The first kappa shape index (κ1) is 19.3. The van der Waals surface area contributed by atoms with Crippen molar-refractivity contribution in [2.75, 3.05) is 11.1 Å². The van der Waals surface area contributed by atoms with E-state index in [-0.39, 0.29) is 17.2 Å². The number of carbonyl (C=O) groups is 1. The summed E-state index contributed by atoms with van der Waals surface area (Å²) >= 11 is 1.05. The van der Waals surface area contributed by atoms with E-state index in [4.69, 9.17) is 0 Å². The third-order valence-electron chi connectivity index (χ3n) is 4.47. The molecule has 0 saturated heterocycles. The minimum Gasteiger partial charge on any atom is -0.338 e. The molecular weight excluding hydrogens is 431 g/mol. The Hall–Kier alpha value is -3.67. The van der Waals surface area contributed by atoms with Crippen molar-refractivity contribution in [2.45, 2.75) is 11.3 Å². The van der Waals surface area contributed by atoms with Crippen molar-refractivity contribution in [3.63, 3.8) is 0 Å². The van der Waals surface area contributed by atoms with Crippen LogP contribution in [0.25, 0.3) is 27.8 Å².